The highest BCUT2D eigenvalue weighted by Crippen LogP contribution is 2.64. The van der Waals surface area contributed by atoms with Gasteiger partial charge in [0.25, 0.3) is 0 Å². The van der Waals surface area contributed by atoms with Gasteiger partial charge in [0.15, 0.2) is 5.78 Å². The highest BCUT2D eigenvalue weighted by atomic mass is 16.2. The Hall–Kier alpha value is -2.88. The van der Waals surface area contributed by atoms with E-state index in [2.05, 4.69) is 37.4 Å². The molecule has 5 atom stereocenters. The number of anilines is 1. The van der Waals surface area contributed by atoms with Gasteiger partial charge < -0.3 is 5.32 Å². The largest absolute Gasteiger partial charge is 0.326 e. The highest BCUT2D eigenvalue weighted by Gasteiger charge is 2.58. The summed E-state index contributed by atoms with van der Waals surface area (Å²) < 4.78 is 0. The number of amides is 2. The molecule has 1 saturated heterocycles. The predicted molar refractivity (Wildman–Crippen MR) is 140 cm³/mol. The number of fused-ring (bicyclic) bond motifs is 5. The molecule has 2 aromatic carbocycles. The molecule has 0 aromatic heterocycles. The summed E-state index contributed by atoms with van der Waals surface area (Å²) in [5.74, 6) is 1.88. The number of urea groups is 1. The normalized spacial score (nSPS) is 33.9. The maximum Gasteiger partial charge on any atom is 0.326 e. The minimum absolute atomic E-state index is 0.107. The number of rotatable bonds is 2. The molecule has 3 fully saturated rings. The first-order valence-corrected chi connectivity index (χ1v) is 13.4. The standard InChI is InChI=1S/C31H36N2O2/c1-30-16-8-12-25(30)24-20-33(28-19-22(34)14-18-31(28,2)26(24)15-17-30)29(35)32-27-13-7-6-11-23(27)21-9-4-3-5-10-21/h3-7,9-11,13,19,24-26H,8,12,14-18,20H2,1-2H3,(H,32,35)/t24-,25-,26-,30-,31+/m0/s1. The number of likely N-dealkylation sites (tertiary alicyclic amines) is 1. The van der Waals surface area contributed by atoms with Gasteiger partial charge in [0, 0.05) is 35.7 Å². The average Bonchev–Trinajstić information content (AvgIpc) is 3.27. The lowest BCUT2D eigenvalue weighted by Crippen LogP contribution is -2.59. The van der Waals surface area contributed by atoms with Crippen LogP contribution in [0, 0.1) is 28.6 Å². The zero-order valence-electron chi connectivity index (χ0n) is 20.9. The van der Waals surface area contributed by atoms with Gasteiger partial charge in [-0.3, -0.25) is 9.69 Å². The molecule has 0 spiro atoms. The number of allylic oxidation sites excluding steroid dienone is 2. The van der Waals surface area contributed by atoms with Gasteiger partial charge in [-0.15, -0.1) is 0 Å². The Bertz CT molecular complexity index is 1190. The van der Waals surface area contributed by atoms with E-state index in [9.17, 15) is 9.59 Å². The van der Waals surface area contributed by atoms with E-state index in [1.165, 1.54) is 32.1 Å². The molecule has 1 heterocycles. The summed E-state index contributed by atoms with van der Waals surface area (Å²) in [7, 11) is 0. The molecule has 35 heavy (non-hydrogen) atoms. The van der Waals surface area contributed by atoms with Crippen molar-refractivity contribution >= 4 is 17.5 Å². The Morgan fingerprint density at radius 3 is 2.54 bits per heavy atom. The van der Waals surface area contributed by atoms with Crippen molar-refractivity contribution < 1.29 is 9.59 Å². The number of benzene rings is 2. The zero-order chi connectivity index (χ0) is 24.2. The molecule has 1 N–H and O–H groups in total. The molecule has 1 aliphatic heterocycles. The van der Waals surface area contributed by atoms with E-state index in [4.69, 9.17) is 0 Å². The first kappa shape index (κ1) is 22.6. The highest BCUT2D eigenvalue weighted by molar-refractivity contribution is 5.97. The summed E-state index contributed by atoms with van der Waals surface area (Å²) in [6.45, 7) is 5.54. The molecule has 0 unspecified atom stereocenters. The summed E-state index contributed by atoms with van der Waals surface area (Å²) in [5, 5.41) is 3.24. The SMILES string of the molecule is C[C@@]12CCC[C@H]1[C@@H]1CN(C(=O)Nc3ccccc3-c3ccccc3)C3=CC(=O)CC[C@]3(C)[C@H]1CC2. The van der Waals surface area contributed by atoms with Crippen LogP contribution in [0.1, 0.15) is 58.8 Å². The Kier molecular flexibility index (Phi) is 5.39. The van der Waals surface area contributed by atoms with Gasteiger partial charge in [0.2, 0.25) is 0 Å². The number of hydrogen-bond donors (Lipinski definition) is 1. The van der Waals surface area contributed by atoms with E-state index in [-0.39, 0.29) is 17.2 Å². The minimum Gasteiger partial charge on any atom is -0.307 e. The number of nitrogens with zero attached hydrogens (tertiary/aromatic N) is 1. The minimum atomic E-state index is -0.114. The molecular formula is C31H36N2O2. The van der Waals surface area contributed by atoms with Crippen LogP contribution < -0.4 is 5.32 Å². The third-order valence-electron chi connectivity index (χ3n) is 9.99. The molecular weight excluding hydrogens is 432 g/mol. The zero-order valence-corrected chi connectivity index (χ0v) is 20.9. The number of hydrogen-bond acceptors (Lipinski definition) is 2. The molecule has 0 bridgehead atoms. The second kappa shape index (κ2) is 8.36. The third kappa shape index (κ3) is 3.64. The maximum atomic E-state index is 14.0. The van der Waals surface area contributed by atoms with Crippen LogP contribution in [0.3, 0.4) is 0 Å². The van der Waals surface area contributed by atoms with Crippen molar-refractivity contribution in [2.24, 2.45) is 28.6 Å². The smallest absolute Gasteiger partial charge is 0.307 e. The monoisotopic (exact) mass is 468 g/mol. The van der Waals surface area contributed by atoms with Gasteiger partial charge in [-0.2, -0.15) is 0 Å². The average molecular weight is 469 g/mol. The van der Waals surface area contributed by atoms with Crippen molar-refractivity contribution in [3.63, 3.8) is 0 Å². The first-order chi connectivity index (χ1) is 16.9. The van der Waals surface area contributed by atoms with E-state index in [0.717, 1.165) is 35.5 Å². The molecule has 6 rings (SSSR count). The van der Waals surface area contributed by atoms with Crippen LogP contribution >= 0.6 is 0 Å². The van der Waals surface area contributed by atoms with Crippen LogP contribution in [-0.2, 0) is 4.79 Å². The summed E-state index contributed by atoms with van der Waals surface area (Å²) in [4.78, 5) is 28.5. The molecule has 4 aliphatic rings. The Morgan fingerprint density at radius 2 is 1.71 bits per heavy atom. The molecule has 4 nitrogen and oxygen atoms in total. The molecule has 0 radical (unpaired) electrons. The molecule has 2 saturated carbocycles. The van der Waals surface area contributed by atoms with Crippen LogP contribution in [0.25, 0.3) is 11.1 Å². The molecule has 2 amide bonds. The van der Waals surface area contributed by atoms with E-state index >= 15 is 0 Å². The summed E-state index contributed by atoms with van der Waals surface area (Å²) in [6.07, 6.45) is 9.64. The number of carbonyl (C=O) groups is 2. The van der Waals surface area contributed by atoms with Crippen LogP contribution in [0.5, 0.6) is 0 Å². The predicted octanol–water partition coefficient (Wildman–Crippen LogP) is 7.29. The number of para-hydroxylation sites is 1. The number of piperidine rings is 1. The van der Waals surface area contributed by atoms with Crippen LogP contribution in [0.15, 0.2) is 66.4 Å². The second-order valence-corrected chi connectivity index (χ2v) is 11.8. The van der Waals surface area contributed by atoms with E-state index in [1.807, 2.05) is 41.3 Å². The van der Waals surface area contributed by atoms with Gasteiger partial charge in [-0.1, -0.05) is 68.8 Å². The van der Waals surface area contributed by atoms with Crippen molar-refractivity contribution in [3.8, 4) is 11.1 Å². The molecule has 2 aromatic rings. The fourth-order valence-electron chi connectivity index (χ4n) is 8.13. The van der Waals surface area contributed by atoms with Gasteiger partial charge in [-0.25, -0.2) is 4.79 Å². The van der Waals surface area contributed by atoms with Gasteiger partial charge in [0.05, 0.1) is 5.69 Å². The van der Waals surface area contributed by atoms with Crippen molar-refractivity contribution in [2.75, 3.05) is 11.9 Å². The first-order valence-electron chi connectivity index (χ1n) is 13.4. The summed E-state index contributed by atoms with van der Waals surface area (Å²) in [5.41, 5.74) is 4.14. The third-order valence-corrected chi connectivity index (χ3v) is 9.99. The fraction of sp³-hybridized carbons (Fsp3) is 0.484. The Morgan fingerprint density at radius 1 is 0.943 bits per heavy atom. The van der Waals surface area contributed by atoms with Crippen LogP contribution in [0.4, 0.5) is 10.5 Å². The maximum absolute atomic E-state index is 14.0. The van der Waals surface area contributed by atoms with Crippen molar-refractivity contribution in [1.82, 2.24) is 4.90 Å². The van der Waals surface area contributed by atoms with Crippen LogP contribution in [0.2, 0.25) is 0 Å². The lowest BCUT2D eigenvalue weighted by atomic mass is 9.50. The number of carbonyl (C=O) groups excluding carboxylic acids is 2. The summed E-state index contributed by atoms with van der Waals surface area (Å²) >= 11 is 0. The van der Waals surface area contributed by atoms with Gasteiger partial charge >= 0.3 is 6.03 Å². The molecule has 4 heteroatoms. The topological polar surface area (TPSA) is 49.4 Å². The lowest BCUT2D eigenvalue weighted by molar-refractivity contribution is -0.118. The quantitative estimate of drug-likeness (QED) is 0.503. The van der Waals surface area contributed by atoms with Crippen molar-refractivity contribution in [1.29, 1.82) is 0 Å². The summed E-state index contributed by atoms with van der Waals surface area (Å²) in [6, 6.07) is 18.1. The van der Waals surface area contributed by atoms with Crippen LogP contribution in [-0.4, -0.2) is 23.3 Å². The van der Waals surface area contributed by atoms with Gasteiger partial charge in [0.1, 0.15) is 0 Å². The molecule has 182 valence electrons. The van der Waals surface area contributed by atoms with E-state index in [0.29, 0.717) is 29.6 Å². The molecule has 3 aliphatic carbocycles. The van der Waals surface area contributed by atoms with Gasteiger partial charge in [-0.05, 0) is 66.9 Å². The fourth-order valence-corrected chi connectivity index (χ4v) is 8.13. The number of ketones is 1. The second-order valence-electron chi connectivity index (χ2n) is 11.8. The Labute approximate surface area is 208 Å². The van der Waals surface area contributed by atoms with E-state index < -0.39 is 0 Å². The lowest BCUT2D eigenvalue weighted by Gasteiger charge is -2.59. The number of nitrogens with one attached hydrogen (secondary N) is 1. The van der Waals surface area contributed by atoms with E-state index in [1.54, 1.807) is 6.08 Å². The Balaban J connectivity index is 1.36. The van der Waals surface area contributed by atoms with Crippen molar-refractivity contribution in [3.05, 3.63) is 66.4 Å². The van der Waals surface area contributed by atoms with Crippen molar-refractivity contribution in [2.45, 2.75) is 58.8 Å².